The second-order valence-electron chi connectivity index (χ2n) is 2.87. The smallest absolute Gasteiger partial charge is 0.213 e. The molecule has 2 N–H and O–H groups in total. The Balaban J connectivity index is 3.03. The molecule has 3 heteroatoms. The van der Waals surface area contributed by atoms with E-state index in [0.717, 1.165) is 11.1 Å². The van der Waals surface area contributed by atoms with Gasteiger partial charge in [-0.2, -0.15) is 0 Å². The molecule has 0 spiro atoms. The lowest BCUT2D eigenvalue weighted by atomic mass is 10.1. The largest absolute Gasteiger partial charge is 0.481 e. The molecular formula is C9H14N2O. The van der Waals surface area contributed by atoms with Crippen molar-refractivity contribution in [2.45, 2.75) is 19.9 Å². The van der Waals surface area contributed by atoms with Gasteiger partial charge in [-0.25, -0.2) is 4.98 Å². The highest BCUT2D eigenvalue weighted by molar-refractivity contribution is 5.29. The normalized spacial score (nSPS) is 12.7. The molecule has 66 valence electrons. The number of pyridine rings is 1. The maximum absolute atomic E-state index is 5.73. The highest BCUT2D eigenvalue weighted by Gasteiger charge is 2.04. The minimum absolute atomic E-state index is 0.0309. The van der Waals surface area contributed by atoms with Gasteiger partial charge >= 0.3 is 0 Å². The van der Waals surface area contributed by atoms with E-state index in [2.05, 4.69) is 4.98 Å². The fourth-order valence-corrected chi connectivity index (χ4v) is 1.13. The molecule has 1 atom stereocenters. The van der Waals surface area contributed by atoms with Crippen LogP contribution in [0, 0.1) is 6.92 Å². The van der Waals surface area contributed by atoms with Crippen LogP contribution >= 0.6 is 0 Å². The molecule has 3 nitrogen and oxygen atoms in total. The minimum Gasteiger partial charge on any atom is -0.481 e. The van der Waals surface area contributed by atoms with Crippen molar-refractivity contribution in [3.63, 3.8) is 0 Å². The third-order valence-corrected chi connectivity index (χ3v) is 1.83. The summed E-state index contributed by atoms with van der Waals surface area (Å²) in [6.07, 6.45) is 1.76. The molecule has 1 rings (SSSR count). The van der Waals surface area contributed by atoms with Gasteiger partial charge in [-0.1, -0.05) is 0 Å². The highest BCUT2D eigenvalue weighted by atomic mass is 16.5. The zero-order chi connectivity index (χ0) is 9.14. The van der Waals surface area contributed by atoms with Crippen molar-refractivity contribution in [2.75, 3.05) is 7.11 Å². The molecule has 0 aliphatic heterocycles. The van der Waals surface area contributed by atoms with E-state index in [1.54, 1.807) is 13.3 Å². The Hall–Kier alpha value is -1.09. The van der Waals surface area contributed by atoms with Gasteiger partial charge in [0.05, 0.1) is 7.11 Å². The summed E-state index contributed by atoms with van der Waals surface area (Å²) in [5.41, 5.74) is 7.91. The standard InChI is InChI=1S/C9H14N2O/c1-6-4-9(12-3)11-5-8(6)7(2)10/h4-5,7H,10H2,1-3H3. The van der Waals surface area contributed by atoms with Crippen LogP contribution in [0.25, 0.3) is 0 Å². The van der Waals surface area contributed by atoms with Crippen LogP contribution in [0.2, 0.25) is 0 Å². The van der Waals surface area contributed by atoms with Gasteiger partial charge in [0.2, 0.25) is 5.88 Å². The average molecular weight is 166 g/mol. The van der Waals surface area contributed by atoms with Crippen molar-refractivity contribution in [1.29, 1.82) is 0 Å². The second-order valence-corrected chi connectivity index (χ2v) is 2.87. The molecule has 1 heterocycles. The van der Waals surface area contributed by atoms with Crippen molar-refractivity contribution in [2.24, 2.45) is 5.73 Å². The molecule has 0 aromatic carbocycles. The quantitative estimate of drug-likeness (QED) is 0.722. The number of aryl methyl sites for hydroxylation is 1. The first-order chi connectivity index (χ1) is 5.65. The minimum atomic E-state index is 0.0309. The predicted octanol–water partition coefficient (Wildman–Crippen LogP) is 1.42. The van der Waals surface area contributed by atoms with E-state index in [9.17, 15) is 0 Å². The summed E-state index contributed by atoms with van der Waals surface area (Å²) in [5, 5.41) is 0. The third-order valence-electron chi connectivity index (χ3n) is 1.83. The Labute approximate surface area is 72.6 Å². The summed E-state index contributed by atoms with van der Waals surface area (Å²) in [6.45, 7) is 3.94. The molecule has 12 heavy (non-hydrogen) atoms. The van der Waals surface area contributed by atoms with Gasteiger partial charge < -0.3 is 10.5 Å². The van der Waals surface area contributed by atoms with Gasteiger partial charge in [-0.15, -0.1) is 0 Å². The Kier molecular flexibility index (Phi) is 2.65. The Morgan fingerprint density at radius 3 is 2.67 bits per heavy atom. The van der Waals surface area contributed by atoms with Gasteiger partial charge in [0, 0.05) is 18.3 Å². The molecule has 1 aromatic heterocycles. The molecule has 0 fully saturated rings. The summed E-state index contributed by atoms with van der Waals surface area (Å²) in [6, 6.07) is 1.92. The summed E-state index contributed by atoms with van der Waals surface area (Å²) < 4.78 is 4.98. The lowest BCUT2D eigenvalue weighted by Gasteiger charge is -2.09. The molecule has 0 aliphatic rings. The molecule has 0 amide bonds. The van der Waals surface area contributed by atoms with Crippen LogP contribution in [0.3, 0.4) is 0 Å². The van der Waals surface area contributed by atoms with Gasteiger partial charge in [0.15, 0.2) is 0 Å². The van der Waals surface area contributed by atoms with Crippen LogP contribution in [-0.2, 0) is 0 Å². The van der Waals surface area contributed by atoms with Crippen LogP contribution in [0.15, 0.2) is 12.3 Å². The number of rotatable bonds is 2. The monoisotopic (exact) mass is 166 g/mol. The molecule has 1 unspecified atom stereocenters. The molecule has 1 aromatic rings. The average Bonchev–Trinajstić information content (AvgIpc) is 2.03. The highest BCUT2D eigenvalue weighted by Crippen LogP contribution is 2.17. The van der Waals surface area contributed by atoms with Crippen molar-refractivity contribution in [3.8, 4) is 5.88 Å². The van der Waals surface area contributed by atoms with E-state index in [4.69, 9.17) is 10.5 Å². The zero-order valence-electron chi connectivity index (χ0n) is 7.66. The number of nitrogens with zero attached hydrogens (tertiary/aromatic N) is 1. The summed E-state index contributed by atoms with van der Waals surface area (Å²) >= 11 is 0. The van der Waals surface area contributed by atoms with E-state index in [1.807, 2.05) is 19.9 Å². The maximum atomic E-state index is 5.73. The fraction of sp³-hybridized carbons (Fsp3) is 0.444. The van der Waals surface area contributed by atoms with Crippen LogP contribution in [-0.4, -0.2) is 12.1 Å². The van der Waals surface area contributed by atoms with E-state index in [1.165, 1.54) is 0 Å². The summed E-state index contributed by atoms with van der Waals surface area (Å²) in [5.74, 6) is 0.636. The molecule has 0 aliphatic carbocycles. The van der Waals surface area contributed by atoms with Crippen LogP contribution in [0.5, 0.6) is 5.88 Å². The fourth-order valence-electron chi connectivity index (χ4n) is 1.13. The van der Waals surface area contributed by atoms with Crippen molar-refractivity contribution >= 4 is 0 Å². The first-order valence-corrected chi connectivity index (χ1v) is 3.91. The second kappa shape index (κ2) is 3.54. The van der Waals surface area contributed by atoms with E-state index < -0.39 is 0 Å². The van der Waals surface area contributed by atoms with E-state index in [-0.39, 0.29) is 6.04 Å². The number of ether oxygens (including phenoxy) is 1. The molecule has 0 saturated heterocycles. The van der Waals surface area contributed by atoms with Gasteiger partial charge in [0.25, 0.3) is 0 Å². The lowest BCUT2D eigenvalue weighted by Crippen LogP contribution is -2.07. The van der Waals surface area contributed by atoms with Gasteiger partial charge in [-0.05, 0) is 25.0 Å². The first-order valence-electron chi connectivity index (χ1n) is 3.91. The Bertz CT molecular complexity index is 271. The number of hydrogen-bond acceptors (Lipinski definition) is 3. The zero-order valence-corrected chi connectivity index (χ0v) is 7.66. The summed E-state index contributed by atoms with van der Waals surface area (Å²) in [4.78, 5) is 4.08. The van der Waals surface area contributed by atoms with Crippen molar-refractivity contribution in [3.05, 3.63) is 23.4 Å². The molecule has 0 saturated carbocycles. The van der Waals surface area contributed by atoms with Gasteiger partial charge in [0.1, 0.15) is 0 Å². The van der Waals surface area contributed by atoms with E-state index in [0.29, 0.717) is 5.88 Å². The maximum Gasteiger partial charge on any atom is 0.213 e. The molecule has 0 bridgehead atoms. The Morgan fingerprint density at radius 1 is 1.58 bits per heavy atom. The number of aromatic nitrogens is 1. The molecule has 0 radical (unpaired) electrons. The van der Waals surface area contributed by atoms with Crippen LogP contribution in [0.1, 0.15) is 24.1 Å². The van der Waals surface area contributed by atoms with Gasteiger partial charge in [-0.3, -0.25) is 0 Å². The van der Waals surface area contributed by atoms with Crippen LogP contribution in [0.4, 0.5) is 0 Å². The summed E-state index contributed by atoms with van der Waals surface area (Å²) in [7, 11) is 1.60. The third kappa shape index (κ3) is 1.74. The number of methoxy groups -OCH3 is 1. The van der Waals surface area contributed by atoms with Crippen molar-refractivity contribution in [1.82, 2.24) is 4.98 Å². The first kappa shape index (κ1) is 9.00. The topological polar surface area (TPSA) is 48.1 Å². The molecular weight excluding hydrogens is 152 g/mol. The SMILES string of the molecule is COc1cc(C)c(C(C)N)cn1. The number of nitrogens with two attached hydrogens (primary N) is 1. The van der Waals surface area contributed by atoms with Crippen molar-refractivity contribution < 1.29 is 4.74 Å². The van der Waals surface area contributed by atoms with E-state index >= 15 is 0 Å². The van der Waals surface area contributed by atoms with Crippen LogP contribution < -0.4 is 10.5 Å². The Morgan fingerprint density at radius 2 is 2.25 bits per heavy atom. The lowest BCUT2D eigenvalue weighted by molar-refractivity contribution is 0.397. The number of hydrogen-bond donors (Lipinski definition) is 1. The predicted molar refractivity (Wildman–Crippen MR) is 48.1 cm³/mol.